The zero-order chi connectivity index (χ0) is 14.4. The van der Waals surface area contributed by atoms with Crippen LogP contribution in [0.25, 0.3) is 0 Å². The third-order valence-electron chi connectivity index (χ3n) is 2.47. The number of carbonyl (C=O) groups is 2. The highest BCUT2D eigenvalue weighted by atomic mass is 32.2. The summed E-state index contributed by atoms with van der Waals surface area (Å²) in [5, 5.41) is 1.52. The van der Waals surface area contributed by atoms with Crippen LogP contribution in [0.5, 0.6) is 0 Å². The van der Waals surface area contributed by atoms with Crippen molar-refractivity contribution in [3.8, 4) is 0 Å². The molecule has 0 aliphatic rings. The van der Waals surface area contributed by atoms with Crippen LogP contribution in [0.4, 0.5) is 0 Å². The summed E-state index contributed by atoms with van der Waals surface area (Å²) in [6, 6.07) is 13.1. The first-order valence-corrected chi connectivity index (χ1v) is 7.78. The van der Waals surface area contributed by atoms with E-state index < -0.39 is 0 Å². The van der Waals surface area contributed by atoms with Crippen molar-refractivity contribution >= 4 is 34.9 Å². The van der Waals surface area contributed by atoms with Gasteiger partial charge in [-0.25, -0.2) is 0 Å². The average molecular weight is 306 g/mol. The Bertz CT molecular complexity index is 570. The number of benzene rings is 1. The maximum Gasteiger partial charge on any atom is 0.279 e. The zero-order valence-corrected chi connectivity index (χ0v) is 12.5. The highest BCUT2D eigenvalue weighted by molar-refractivity contribution is 8.00. The maximum atomic E-state index is 11.9. The highest BCUT2D eigenvalue weighted by Gasteiger charge is 2.15. The number of hydrazine groups is 1. The van der Waals surface area contributed by atoms with Crippen molar-refractivity contribution in [2.24, 2.45) is 0 Å². The molecule has 2 aromatic rings. The van der Waals surface area contributed by atoms with Gasteiger partial charge in [0, 0.05) is 4.90 Å². The van der Waals surface area contributed by atoms with Gasteiger partial charge in [-0.1, -0.05) is 24.3 Å². The lowest BCUT2D eigenvalue weighted by molar-refractivity contribution is -0.121. The molecule has 6 heteroatoms. The monoisotopic (exact) mass is 306 g/mol. The standard InChI is InChI=1S/C14H14N2O2S2/c1-10(20-11-6-3-2-4-7-11)13(17)15-16-14(18)12-8-5-9-19-12/h2-10H,1H3,(H,15,17)(H,16,18)/t10-/m1/s1. The van der Waals surface area contributed by atoms with Crippen molar-refractivity contribution in [1.29, 1.82) is 0 Å². The fourth-order valence-electron chi connectivity index (χ4n) is 1.45. The summed E-state index contributed by atoms with van der Waals surface area (Å²) in [4.78, 5) is 25.1. The minimum Gasteiger partial charge on any atom is -0.272 e. The second-order valence-corrected chi connectivity index (χ2v) is 6.36. The molecule has 0 unspecified atom stereocenters. The lowest BCUT2D eigenvalue weighted by atomic mass is 10.4. The SMILES string of the molecule is C[C@@H](Sc1ccccc1)C(=O)NNC(=O)c1cccs1. The molecular weight excluding hydrogens is 292 g/mol. The molecule has 104 valence electrons. The van der Waals surface area contributed by atoms with Gasteiger partial charge in [0.25, 0.3) is 11.8 Å². The van der Waals surface area contributed by atoms with Crippen LogP contribution >= 0.6 is 23.1 Å². The van der Waals surface area contributed by atoms with Gasteiger partial charge in [0.15, 0.2) is 0 Å². The van der Waals surface area contributed by atoms with Gasteiger partial charge in [-0.05, 0) is 30.5 Å². The largest absolute Gasteiger partial charge is 0.279 e. The Kier molecular flexibility index (Phi) is 5.20. The van der Waals surface area contributed by atoms with Crippen molar-refractivity contribution in [2.45, 2.75) is 17.1 Å². The molecule has 0 spiro atoms. The number of carbonyl (C=O) groups excluding carboxylic acids is 2. The van der Waals surface area contributed by atoms with E-state index >= 15 is 0 Å². The second kappa shape index (κ2) is 7.12. The molecule has 0 saturated heterocycles. The summed E-state index contributed by atoms with van der Waals surface area (Å²) in [5.41, 5.74) is 4.85. The number of rotatable bonds is 4. The second-order valence-electron chi connectivity index (χ2n) is 3.99. The van der Waals surface area contributed by atoms with E-state index in [9.17, 15) is 9.59 Å². The smallest absolute Gasteiger partial charge is 0.272 e. The van der Waals surface area contributed by atoms with Crippen LogP contribution in [-0.4, -0.2) is 17.1 Å². The quantitative estimate of drug-likeness (QED) is 0.674. The fraction of sp³-hybridized carbons (Fsp3) is 0.143. The van der Waals surface area contributed by atoms with Gasteiger partial charge in [-0.3, -0.25) is 20.4 Å². The van der Waals surface area contributed by atoms with E-state index in [1.54, 1.807) is 19.1 Å². The Balaban J connectivity index is 1.81. The normalized spacial score (nSPS) is 11.7. The first-order chi connectivity index (χ1) is 9.66. The number of hydrogen-bond donors (Lipinski definition) is 2. The molecule has 1 heterocycles. The van der Waals surface area contributed by atoms with Gasteiger partial charge in [0.1, 0.15) is 0 Å². The molecule has 1 atom stereocenters. The van der Waals surface area contributed by atoms with Crippen LogP contribution in [0, 0.1) is 0 Å². The molecule has 0 radical (unpaired) electrons. The van der Waals surface area contributed by atoms with Gasteiger partial charge in [0.2, 0.25) is 0 Å². The first-order valence-electron chi connectivity index (χ1n) is 6.02. The van der Waals surface area contributed by atoms with E-state index in [1.165, 1.54) is 23.1 Å². The molecule has 2 N–H and O–H groups in total. The molecule has 4 nitrogen and oxygen atoms in total. The molecule has 0 bridgehead atoms. The Labute approximate surface area is 125 Å². The summed E-state index contributed by atoms with van der Waals surface area (Å²) >= 11 is 2.77. The number of thioether (sulfide) groups is 1. The van der Waals surface area contributed by atoms with E-state index in [2.05, 4.69) is 10.9 Å². The van der Waals surface area contributed by atoms with Crippen LogP contribution in [0.1, 0.15) is 16.6 Å². The Morgan fingerprint density at radius 2 is 1.85 bits per heavy atom. The Morgan fingerprint density at radius 3 is 2.50 bits per heavy atom. The first kappa shape index (κ1) is 14.6. The van der Waals surface area contributed by atoms with Crippen molar-refractivity contribution in [2.75, 3.05) is 0 Å². The fourth-order valence-corrected chi connectivity index (χ4v) is 2.95. The Morgan fingerprint density at radius 1 is 1.10 bits per heavy atom. The number of hydrogen-bond acceptors (Lipinski definition) is 4. The summed E-state index contributed by atoms with van der Waals surface area (Å²) in [5.74, 6) is -0.533. The number of nitrogens with one attached hydrogen (secondary N) is 2. The van der Waals surface area contributed by atoms with Gasteiger partial charge in [0.05, 0.1) is 10.1 Å². The molecule has 1 aromatic carbocycles. The summed E-state index contributed by atoms with van der Waals surface area (Å²) in [6.45, 7) is 1.80. The number of amides is 2. The van der Waals surface area contributed by atoms with E-state index in [4.69, 9.17) is 0 Å². The molecule has 2 rings (SSSR count). The van der Waals surface area contributed by atoms with E-state index in [1.807, 2.05) is 35.7 Å². The van der Waals surface area contributed by atoms with Crippen molar-refractivity contribution < 1.29 is 9.59 Å². The van der Waals surface area contributed by atoms with Crippen LogP contribution < -0.4 is 10.9 Å². The van der Waals surface area contributed by atoms with E-state index in [0.29, 0.717) is 4.88 Å². The van der Waals surface area contributed by atoms with E-state index in [-0.39, 0.29) is 17.1 Å². The summed E-state index contributed by atoms with van der Waals surface area (Å²) in [7, 11) is 0. The van der Waals surface area contributed by atoms with Gasteiger partial charge in [-0.2, -0.15) is 0 Å². The molecule has 0 saturated carbocycles. The van der Waals surface area contributed by atoms with Gasteiger partial charge >= 0.3 is 0 Å². The molecular formula is C14H14N2O2S2. The predicted octanol–water partition coefficient (Wildman–Crippen LogP) is 2.69. The summed E-state index contributed by atoms with van der Waals surface area (Å²) in [6.07, 6.45) is 0. The van der Waals surface area contributed by atoms with Crippen molar-refractivity contribution in [3.05, 3.63) is 52.7 Å². The zero-order valence-electron chi connectivity index (χ0n) is 10.8. The maximum absolute atomic E-state index is 11.9. The average Bonchev–Trinajstić information content (AvgIpc) is 2.99. The lowest BCUT2D eigenvalue weighted by Crippen LogP contribution is -2.44. The lowest BCUT2D eigenvalue weighted by Gasteiger charge is -2.12. The van der Waals surface area contributed by atoms with Gasteiger partial charge < -0.3 is 0 Å². The molecule has 0 fully saturated rings. The third kappa shape index (κ3) is 4.11. The van der Waals surface area contributed by atoms with Crippen molar-refractivity contribution in [1.82, 2.24) is 10.9 Å². The topological polar surface area (TPSA) is 58.2 Å². The molecule has 1 aromatic heterocycles. The minimum atomic E-state index is -0.301. The van der Waals surface area contributed by atoms with Crippen LogP contribution in [0.15, 0.2) is 52.7 Å². The van der Waals surface area contributed by atoms with Gasteiger partial charge in [-0.15, -0.1) is 23.1 Å². The molecule has 2 amide bonds. The minimum absolute atomic E-state index is 0.233. The van der Waals surface area contributed by atoms with Crippen LogP contribution in [-0.2, 0) is 4.79 Å². The third-order valence-corrected chi connectivity index (χ3v) is 4.45. The highest BCUT2D eigenvalue weighted by Crippen LogP contribution is 2.22. The number of thiophene rings is 1. The Hall–Kier alpha value is -1.79. The molecule has 0 aliphatic carbocycles. The van der Waals surface area contributed by atoms with Crippen molar-refractivity contribution in [3.63, 3.8) is 0 Å². The van der Waals surface area contributed by atoms with Crippen LogP contribution in [0.3, 0.4) is 0 Å². The van der Waals surface area contributed by atoms with Crippen LogP contribution in [0.2, 0.25) is 0 Å². The molecule has 20 heavy (non-hydrogen) atoms. The predicted molar refractivity (Wildman–Crippen MR) is 81.7 cm³/mol. The summed E-state index contributed by atoms with van der Waals surface area (Å²) < 4.78 is 0. The molecule has 0 aliphatic heterocycles. The van der Waals surface area contributed by atoms with E-state index in [0.717, 1.165) is 4.90 Å².